The van der Waals surface area contributed by atoms with Gasteiger partial charge in [0, 0.05) is 18.3 Å². The van der Waals surface area contributed by atoms with E-state index in [0.717, 1.165) is 29.7 Å². The summed E-state index contributed by atoms with van der Waals surface area (Å²) in [5.74, 6) is 0.0455. The first-order valence-electron chi connectivity index (χ1n) is 6.25. The van der Waals surface area contributed by atoms with Gasteiger partial charge in [0.15, 0.2) is 5.78 Å². The maximum absolute atomic E-state index is 12.3. The summed E-state index contributed by atoms with van der Waals surface area (Å²) >= 11 is 0. The van der Waals surface area contributed by atoms with Crippen LogP contribution in [0.1, 0.15) is 40.4 Å². The topological polar surface area (TPSA) is 34.9 Å². The Morgan fingerprint density at radius 1 is 1.17 bits per heavy atom. The number of carbonyl (C=O) groups excluding carboxylic acids is 1. The van der Waals surface area contributed by atoms with Gasteiger partial charge in [-0.15, -0.1) is 0 Å². The van der Waals surface area contributed by atoms with Crippen LogP contribution in [0.5, 0.6) is 0 Å². The van der Waals surface area contributed by atoms with Crippen LogP contribution in [0.25, 0.3) is 0 Å². The minimum absolute atomic E-state index is 0.0455. The first-order chi connectivity index (χ1) is 8.60. The van der Waals surface area contributed by atoms with Crippen LogP contribution in [0.2, 0.25) is 0 Å². The molecule has 0 unspecified atom stereocenters. The molecule has 0 aliphatic carbocycles. The third-order valence-corrected chi connectivity index (χ3v) is 2.83. The molecular formula is C15H18N2O. The molecule has 0 atom stereocenters. The molecule has 1 aromatic heterocycles. The van der Waals surface area contributed by atoms with E-state index in [1.165, 1.54) is 0 Å². The Balaban J connectivity index is 2.29. The van der Waals surface area contributed by atoms with Gasteiger partial charge in [-0.25, -0.2) is 0 Å². The zero-order chi connectivity index (χ0) is 13.1. The maximum atomic E-state index is 12.3. The molecule has 0 amide bonds. The van der Waals surface area contributed by atoms with E-state index in [2.05, 4.69) is 18.1 Å². The van der Waals surface area contributed by atoms with E-state index < -0.39 is 0 Å². The number of carbonyl (C=O) groups is 1. The lowest BCUT2D eigenvalue weighted by Crippen LogP contribution is -2.01. The smallest absolute Gasteiger partial charge is 0.196 e. The fourth-order valence-electron chi connectivity index (χ4n) is 2.10. The lowest BCUT2D eigenvalue weighted by atomic mass is 10.0. The molecule has 1 heterocycles. The largest absolute Gasteiger partial charge is 0.288 e. The number of hydrogen-bond acceptors (Lipinski definition) is 2. The summed E-state index contributed by atoms with van der Waals surface area (Å²) in [7, 11) is 0. The van der Waals surface area contributed by atoms with Crippen LogP contribution in [0, 0.1) is 13.8 Å². The van der Waals surface area contributed by atoms with Crippen molar-refractivity contribution in [2.45, 2.75) is 33.7 Å². The summed E-state index contributed by atoms with van der Waals surface area (Å²) in [5.41, 5.74) is 3.62. The van der Waals surface area contributed by atoms with Crippen LogP contribution in [0.15, 0.2) is 30.6 Å². The van der Waals surface area contributed by atoms with E-state index in [4.69, 9.17) is 0 Å². The van der Waals surface area contributed by atoms with Crippen molar-refractivity contribution < 1.29 is 4.79 Å². The van der Waals surface area contributed by atoms with E-state index in [0.29, 0.717) is 5.56 Å². The van der Waals surface area contributed by atoms with Crippen molar-refractivity contribution >= 4 is 5.78 Å². The van der Waals surface area contributed by atoms with Crippen molar-refractivity contribution in [3.63, 3.8) is 0 Å². The second kappa shape index (κ2) is 5.17. The van der Waals surface area contributed by atoms with E-state index in [9.17, 15) is 4.79 Å². The summed E-state index contributed by atoms with van der Waals surface area (Å²) in [6, 6.07) is 5.91. The van der Waals surface area contributed by atoms with Crippen LogP contribution in [0.4, 0.5) is 0 Å². The SMILES string of the molecule is CCCn1cc(C(=O)c2cc(C)cc(C)c2)cn1. The van der Waals surface area contributed by atoms with Gasteiger partial charge in [0.25, 0.3) is 0 Å². The lowest BCUT2D eigenvalue weighted by Gasteiger charge is -2.02. The van der Waals surface area contributed by atoms with E-state index in [-0.39, 0.29) is 5.78 Å². The number of hydrogen-bond donors (Lipinski definition) is 0. The second-order valence-corrected chi connectivity index (χ2v) is 4.70. The predicted octanol–water partition coefficient (Wildman–Crippen LogP) is 3.14. The average Bonchev–Trinajstić information content (AvgIpc) is 2.76. The van der Waals surface area contributed by atoms with Crippen LogP contribution >= 0.6 is 0 Å². The molecule has 3 nitrogen and oxygen atoms in total. The van der Waals surface area contributed by atoms with Crippen molar-refractivity contribution in [3.05, 3.63) is 52.8 Å². The van der Waals surface area contributed by atoms with Gasteiger partial charge in [-0.3, -0.25) is 9.48 Å². The molecule has 0 aliphatic rings. The van der Waals surface area contributed by atoms with Crippen LogP contribution in [-0.2, 0) is 6.54 Å². The van der Waals surface area contributed by atoms with Gasteiger partial charge in [-0.05, 0) is 32.4 Å². The molecular weight excluding hydrogens is 224 g/mol. The molecule has 18 heavy (non-hydrogen) atoms. The Labute approximate surface area is 107 Å². The zero-order valence-electron chi connectivity index (χ0n) is 11.1. The molecule has 0 aliphatic heterocycles. The highest BCUT2D eigenvalue weighted by Gasteiger charge is 2.12. The van der Waals surface area contributed by atoms with E-state index in [1.54, 1.807) is 6.20 Å². The molecule has 0 bridgehead atoms. The molecule has 2 aromatic rings. The highest BCUT2D eigenvalue weighted by atomic mass is 16.1. The highest BCUT2D eigenvalue weighted by Crippen LogP contribution is 2.13. The normalized spacial score (nSPS) is 10.6. The van der Waals surface area contributed by atoms with Crippen molar-refractivity contribution in [2.24, 2.45) is 0 Å². The molecule has 94 valence electrons. The third kappa shape index (κ3) is 2.67. The molecule has 3 heteroatoms. The Morgan fingerprint density at radius 3 is 2.44 bits per heavy atom. The zero-order valence-corrected chi connectivity index (χ0v) is 11.1. The quantitative estimate of drug-likeness (QED) is 0.772. The van der Waals surface area contributed by atoms with Crippen molar-refractivity contribution in [3.8, 4) is 0 Å². The minimum atomic E-state index is 0.0455. The predicted molar refractivity (Wildman–Crippen MR) is 71.9 cm³/mol. The molecule has 2 rings (SSSR count). The second-order valence-electron chi connectivity index (χ2n) is 4.70. The Morgan fingerprint density at radius 2 is 1.83 bits per heavy atom. The molecule has 1 aromatic carbocycles. The third-order valence-electron chi connectivity index (χ3n) is 2.83. The van der Waals surface area contributed by atoms with Crippen LogP contribution in [-0.4, -0.2) is 15.6 Å². The lowest BCUT2D eigenvalue weighted by molar-refractivity contribution is 0.103. The molecule has 0 saturated heterocycles. The van der Waals surface area contributed by atoms with Crippen molar-refractivity contribution in [1.82, 2.24) is 9.78 Å². The van der Waals surface area contributed by atoms with Crippen molar-refractivity contribution in [2.75, 3.05) is 0 Å². The number of rotatable bonds is 4. The summed E-state index contributed by atoms with van der Waals surface area (Å²) in [4.78, 5) is 12.3. The van der Waals surface area contributed by atoms with Crippen molar-refractivity contribution in [1.29, 1.82) is 0 Å². The fraction of sp³-hybridized carbons (Fsp3) is 0.333. The highest BCUT2D eigenvalue weighted by molar-refractivity contribution is 6.08. The number of aromatic nitrogens is 2. The van der Waals surface area contributed by atoms with Gasteiger partial charge >= 0.3 is 0 Å². The summed E-state index contributed by atoms with van der Waals surface area (Å²) in [6.45, 7) is 6.95. The molecule has 0 radical (unpaired) electrons. The van der Waals surface area contributed by atoms with E-state index >= 15 is 0 Å². The van der Waals surface area contributed by atoms with E-state index in [1.807, 2.05) is 36.9 Å². The maximum Gasteiger partial charge on any atom is 0.196 e. The molecule has 0 saturated carbocycles. The summed E-state index contributed by atoms with van der Waals surface area (Å²) in [5, 5.41) is 4.19. The molecule has 0 N–H and O–H groups in total. The minimum Gasteiger partial charge on any atom is -0.288 e. The van der Waals surface area contributed by atoms with Gasteiger partial charge in [0.1, 0.15) is 0 Å². The van der Waals surface area contributed by atoms with Gasteiger partial charge in [-0.2, -0.15) is 5.10 Å². The Hall–Kier alpha value is -1.90. The van der Waals surface area contributed by atoms with Gasteiger partial charge < -0.3 is 0 Å². The van der Waals surface area contributed by atoms with Crippen LogP contribution < -0.4 is 0 Å². The number of aryl methyl sites for hydroxylation is 3. The standard InChI is InChI=1S/C15H18N2O/c1-4-5-17-10-14(9-16-17)15(18)13-7-11(2)6-12(3)8-13/h6-10H,4-5H2,1-3H3. The van der Waals surface area contributed by atoms with Gasteiger partial charge in [-0.1, -0.05) is 24.1 Å². The number of nitrogens with zero attached hydrogens (tertiary/aromatic N) is 2. The van der Waals surface area contributed by atoms with Crippen LogP contribution in [0.3, 0.4) is 0 Å². The fourth-order valence-corrected chi connectivity index (χ4v) is 2.10. The summed E-state index contributed by atoms with van der Waals surface area (Å²) < 4.78 is 1.82. The first-order valence-corrected chi connectivity index (χ1v) is 6.25. The Kier molecular flexibility index (Phi) is 3.60. The molecule has 0 fully saturated rings. The van der Waals surface area contributed by atoms with Gasteiger partial charge in [0.2, 0.25) is 0 Å². The summed E-state index contributed by atoms with van der Waals surface area (Å²) in [6.07, 6.45) is 4.48. The number of ketones is 1. The average molecular weight is 242 g/mol. The van der Waals surface area contributed by atoms with Gasteiger partial charge in [0.05, 0.1) is 11.8 Å². The Bertz CT molecular complexity index is 549. The molecule has 0 spiro atoms. The first kappa shape index (κ1) is 12.6. The monoisotopic (exact) mass is 242 g/mol. The number of benzene rings is 1.